The zero-order valence-electron chi connectivity index (χ0n) is 10.2. The molecule has 0 aromatic rings. The first-order valence-corrected chi connectivity index (χ1v) is 6.04. The van der Waals surface area contributed by atoms with E-state index in [4.69, 9.17) is 11.6 Å². The van der Waals surface area contributed by atoms with Crippen LogP contribution in [0.3, 0.4) is 0 Å². The summed E-state index contributed by atoms with van der Waals surface area (Å²) in [4.78, 5) is 11.2. The van der Waals surface area contributed by atoms with E-state index in [1.165, 1.54) is 0 Å². The summed E-state index contributed by atoms with van der Waals surface area (Å²) in [5.41, 5.74) is -0.936. The minimum atomic E-state index is -4.64. The Bertz CT molecular complexity index is 434. The Balaban J connectivity index is 2.92. The van der Waals surface area contributed by atoms with Crippen molar-refractivity contribution in [2.45, 2.75) is 25.7 Å². The van der Waals surface area contributed by atoms with Gasteiger partial charge >= 0.3 is 12.4 Å². The van der Waals surface area contributed by atoms with Crippen molar-refractivity contribution in [1.29, 1.82) is 0 Å². The maximum Gasteiger partial charge on any atom is 0.416 e. The number of rotatable bonds is 3. The number of allylic oxidation sites excluding steroid dienone is 4. The number of hydrogen-bond donors (Lipinski definition) is 0. The van der Waals surface area contributed by atoms with Gasteiger partial charge in [-0.2, -0.15) is 26.3 Å². The SMILES string of the molecule is C[C@H]([C@H](C(=O)Cl)C1C=CC(C(F)(F)F)=CC1)C(F)(F)F. The molecule has 0 saturated carbocycles. The minimum Gasteiger partial charge on any atom is -0.281 e. The molecular weight excluding hydrogens is 310 g/mol. The van der Waals surface area contributed by atoms with Crippen molar-refractivity contribution in [2.24, 2.45) is 17.8 Å². The summed E-state index contributed by atoms with van der Waals surface area (Å²) in [7, 11) is 0. The van der Waals surface area contributed by atoms with Gasteiger partial charge in [-0.05, 0) is 23.9 Å². The summed E-state index contributed by atoms with van der Waals surface area (Å²) in [6, 6.07) is 0. The maximum absolute atomic E-state index is 12.7. The predicted molar refractivity (Wildman–Crippen MR) is 61.0 cm³/mol. The summed E-state index contributed by atoms with van der Waals surface area (Å²) in [6.07, 6.45) is -7.08. The van der Waals surface area contributed by atoms with Crippen LogP contribution in [0.4, 0.5) is 26.3 Å². The van der Waals surface area contributed by atoms with E-state index in [9.17, 15) is 31.1 Å². The molecule has 0 fully saturated rings. The Morgan fingerprint density at radius 2 is 1.85 bits per heavy atom. The van der Waals surface area contributed by atoms with Crippen LogP contribution in [0.25, 0.3) is 0 Å². The van der Waals surface area contributed by atoms with Gasteiger partial charge in [-0.1, -0.05) is 25.2 Å². The fraction of sp³-hybridized carbons (Fsp3) is 0.583. The fourth-order valence-electron chi connectivity index (χ4n) is 2.05. The van der Waals surface area contributed by atoms with Gasteiger partial charge in [0.15, 0.2) is 0 Å². The summed E-state index contributed by atoms with van der Waals surface area (Å²) < 4.78 is 75.1. The van der Waals surface area contributed by atoms with E-state index in [-0.39, 0.29) is 6.42 Å². The summed E-state index contributed by atoms with van der Waals surface area (Å²) in [5.74, 6) is -4.62. The highest BCUT2D eigenvalue weighted by Crippen LogP contribution is 2.41. The summed E-state index contributed by atoms with van der Waals surface area (Å²) in [5, 5.41) is -1.20. The molecule has 1 rings (SSSR count). The van der Waals surface area contributed by atoms with Crippen LogP contribution in [-0.4, -0.2) is 17.6 Å². The van der Waals surface area contributed by atoms with Gasteiger partial charge in [0.1, 0.15) is 0 Å². The van der Waals surface area contributed by atoms with E-state index in [1.54, 1.807) is 0 Å². The molecule has 1 unspecified atom stereocenters. The predicted octanol–water partition coefficient (Wildman–Crippen LogP) is 4.63. The van der Waals surface area contributed by atoms with Crippen LogP contribution in [-0.2, 0) is 4.79 Å². The van der Waals surface area contributed by atoms with Gasteiger partial charge in [0.25, 0.3) is 0 Å². The summed E-state index contributed by atoms with van der Waals surface area (Å²) in [6.45, 7) is 0.793. The standard InChI is InChI=1S/C12H11ClF6O/c1-6(11(14,15)16)9(10(13)20)7-2-4-8(5-3-7)12(17,18)19/h2,4-7,9H,3H2,1H3/t6-,7?,9+/m1/s1. The van der Waals surface area contributed by atoms with Crippen LogP contribution in [0.5, 0.6) is 0 Å². The second-order valence-electron chi connectivity index (χ2n) is 4.58. The van der Waals surface area contributed by atoms with Crippen LogP contribution < -0.4 is 0 Å². The topological polar surface area (TPSA) is 17.1 Å². The van der Waals surface area contributed by atoms with Crippen LogP contribution >= 0.6 is 11.6 Å². The molecule has 0 radical (unpaired) electrons. The van der Waals surface area contributed by atoms with Crippen molar-refractivity contribution in [3.8, 4) is 0 Å². The zero-order chi connectivity index (χ0) is 15.7. The molecule has 114 valence electrons. The van der Waals surface area contributed by atoms with Crippen molar-refractivity contribution in [2.75, 3.05) is 0 Å². The lowest BCUT2D eigenvalue weighted by atomic mass is 9.78. The molecule has 0 spiro atoms. The van der Waals surface area contributed by atoms with Crippen molar-refractivity contribution in [3.63, 3.8) is 0 Å². The van der Waals surface area contributed by atoms with E-state index < -0.39 is 40.9 Å². The maximum atomic E-state index is 12.7. The third-order valence-corrected chi connectivity index (χ3v) is 3.49. The first-order valence-electron chi connectivity index (χ1n) is 5.66. The Kier molecular flexibility index (Phi) is 4.94. The Morgan fingerprint density at radius 3 is 2.15 bits per heavy atom. The normalized spacial score (nSPS) is 23.2. The second kappa shape index (κ2) is 5.79. The third kappa shape index (κ3) is 4.01. The number of hydrogen-bond acceptors (Lipinski definition) is 1. The molecule has 0 bridgehead atoms. The van der Waals surface area contributed by atoms with Crippen molar-refractivity contribution in [3.05, 3.63) is 23.8 Å². The number of alkyl halides is 6. The van der Waals surface area contributed by atoms with Crippen LogP contribution in [0.15, 0.2) is 23.8 Å². The van der Waals surface area contributed by atoms with E-state index in [1.807, 2.05) is 0 Å². The first kappa shape index (κ1) is 17.1. The quantitative estimate of drug-likeness (QED) is 0.547. The van der Waals surface area contributed by atoms with E-state index in [0.717, 1.165) is 19.1 Å². The first-order chi connectivity index (χ1) is 8.94. The molecule has 0 heterocycles. The summed E-state index contributed by atoms with van der Waals surface area (Å²) >= 11 is 5.19. The van der Waals surface area contributed by atoms with E-state index in [0.29, 0.717) is 6.08 Å². The van der Waals surface area contributed by atoms with Crippen LogP contribution in [0, 0.1) is 17.8 Å². The molecule has 0 aromatic heterocycles. The van der Waals surface area contributed by atoms with Gasteiger partial charge in [-0.15, -0.1) is 0 Å². The zero-order valence-corrected chi connectivity index (χ0v) is 11.0. The highest BCUT2D eigenvalue weighted by Gasteiger charge is 2.46. The highest BCUT2D eigenvalue weighted by atomic mass is 35.5. The molecule has 20 heavy (non-hydrogen) atoms. The molecule has 0 N–H and O–H groups in total. The molecule has 1 aliphatic carbocycles. The highest BCUT2D eigenvalue weighted by molar-refractivity contribution is 6.64. The lowest BCUT2D eigenvalue weighted by molar-refractivity contribution is -0.187. The van der Waals surface area contributed by atoms with E-state index >= 15 is 0 Å². The number of carbonyl (C=O) groups excluding carboxylic acids is 1. The molecular formula is C12H11ClF6O. The van der Waals surface area contributed by atoms with Gasteiger partial charge < -0.3 is 0 Å². The Labute approximate surface area is 116 Å². The molecule has 8 heteroatoms. The van der Waals surface area contributed by atoms with E-state index in [2.05, 4.69) is 0 Å². The van der Waals surface area contributed by atoms with Crippen molar-refractivity contribution >= 4 is 16.8 Å². The molecule has 1 nitrogen and oxygen atoms in total. The fourth-order valence-corrected chi connectivity index (χ4v) is 2.40. The third-order valence-electron chi connectivity index (χ3n) is 3.24. The Hall–Kier alpha value is -0.980. The number of halogens is 7. The van der Waals surface area contributed by atoms with Gasteiger partial charge in [-0.25, -0.2) is 0 Å². The average molecular weight is 321 g/mol. The molecule has 0 saturated heterocycles. The lowest BCUT2D eigenvalue weighted by Crippen LogP contribution is -2.36. The van der Waals surface area contributed by atoms with Gasteiger partial charge in [0.05, 0.1) is 17.4 Å². The second-order valence-corrected chi connectivity index (χ2v) is 4.95. The molecule has 0 amide bonds. The van der Waals surface area contributed by atoms with Crippen molar-refractivity contribution < 1.29 is 31.1 Å². The van der Waals surface area contributed by atoms with Crippen LogP contribution in [0.1, 0.15) is 13.3 Å². The largest absolute Gasteiger partial charge is 0.416 e. The van der Waals surface area contributed by atoms with Crippen LogP contribution in [0.2, 0.25) is 0 Å². The molecule has 3 atom stereocenters. The number of carbonyl (C=O) groups is 1. The average Bonchev–Trinajstić information content (AvgIpc) is 2.26. The van der Waals surface area contributed by atoms with Crippen molar-refractivity contribution in [1.82, 2.24) is 0 Å². The van der Waals surface area contributed by atoms with Gasteiger partial charge in [0, 0.05) is 0 Å². The molecule has 0 aliphatic heterocycles. The van der Waals surface area contributed by atoms with Gasteiger partial charge in [0.2, 0.25) is 5.24 Å². The smallest absolute Gasteiger partial charge is 0.281 e. The van der Waals surface area contributed by atoms with Gasteiger partial charge in [-0.3, -0.25) is 4.79 Å². The molecule has 1 aliphatic rings. The molecule has 0 aromatic carbocycles. The minimum absolute atomic E-state index is 0.311. The Morgan fingerprint density at radius 1 is 1.30 bits per heavy atom. The monoisotopic (exact) mass is 320 g/mol. The lowest BCUT2D eigenvalue weighted by Gasteiger charge is -2.29.